The molecule has 1 amide bonds. The van der Waals surface area contributed by atoms with Gasteiger partial charge in [0.05, 0.1) is 13.0 Å². The van der Waals surface area contributed by atoms with Gasteiger partial charge in [-0.1, -0.05) is 0 Å². The van der Waals surface area contributed by atoms with E-state index in [0.717, 1.165) is 5.69 Å². The first-order chi connectivity index (χ1) is 9.04. The molecule has 5 nitrogen and oxygen atoms in total. The number of rotatable bonds is 2. The number of methoxy groups -OCH3 is 1. The normalized spacial score (nSPS) is 16.5. The van der Waals surface area contributed by atoms with Crippen LogP contribution in [0.4, 0.5) is 0 Å². The van der Waals surface area contributed by atoms with Crippen molar-refractivity contribution in [2.75, 3.05) is 20.2 Å². The molecular formula is C14H20N2O3. The Morgan fingerprint density at radius 1 is 1.26 bits per heavy atom. The number of hydrogen-bond donors (Lipinski definition) is 0. The van der Waals surface area contributed by atoms with E-state index in [1.54, 1.807) is 0 Å². The molecule has 0 atom stereocenters. The van der Waals surface area contributed by atoms with Crippen molar-refractivity contribution in [3.05, 3.63) is 23.5 Å². The van der Waals surface area contributed by atoms with Gasteiger partial charge < -0.3 is 14.2 Å². The van der Waals surface area contributed by atoms with Crippen LogP contribution < -0.4 is 0 Å². The molecule has 2 rings (SSSR count). The first kappa shape index (κ1) is 13.6. The summed E-state index contributed by atoms with van der Waals surface area (Å²) in [5, 5.41) is 0. The number of carbonyl (C=O) groups is 2. The lowest BCUT2D eigenvalue weighted by molar-refractivity contribution is -0.146. The fourth-order valence-corrected chi connectivity index (χ4v) is 2.47. The van der Waals surface area contributed by atoms with Crippen LogP contribution in [-0.2, 0) is 16.6 Å². The number of piperidine rings is 1. The molecule has 1 fully saturated rings. The summed E-state index contributed by atoms with van der Waals surface area (Å²) in [6.07, 6.45) is 1.36. The van der Waals surface area contributed by atoms with Gasteiger partial charge in [0.15, 0.2) is 0 Å². The molecule has 5 heteroatoms. The second-order valence-electron chi connectivity index (χ2n) is 5.01. The van der Waals surface area contributed by atoms with Crippen LogP contribution in [-0.4, -0.2) is 41.5 Å². The third-order valence-electron chi connectivity index (χ3n) is 3.91. The van der Waals surface area contributed by atoms with Crippen LogP contribution in [0, 0.1) is 12.8 Å². The summed E-state index contributed by atoms with van der Waals surface area (Å²) in [4.78, 5) is 25.6. The van der Waals surface area contributed by atoms with Gasteiger partial charge in [-0.3, -0.25) is 9.59 Å². The van der Waals surface area contributed by atoms with Gasteiger partial charge in [-0.05, 0) is 31.9 Å². The van der Waals surface area contributed by atoms with Crippen LogP contribution in [0.3, 0.4) is 0 Å². The maximum absolute atomic E-state index is 12.4. The number of nitrogens with zero attached hydrogens (tertiary/aromatic N) is 2. The number of aromatic nitrogens is 1. The summed E-state index contributed by atoms with van der Waals surface area (Å²) in [7, 11) is 3.30. The predicted molar refractivity (Wildman–Crippen MR) is 70.8 cm³/mol. The standard InChI is InChI=1S/C14H20N2O3/c1-10-4-5-12(15(10)2)13(17)16-8-6-11(7-9-16)14(18)19-3/h4-5,11H,6-9H2,1-3H3. The van der Waals surface area contributed by atoms with Crippen molar-refractivity contribution < 1.29 is 14.3 Å². The number of likely N-dealkylation sites (tertiary alicyclic amines) is 1. The van der Waals surface area contributed by atoms with E-state index < -0.39 is 0 Å². The van der Waals surface area contributed by atoms with E-state index in [9.17, 15) is 9.59 Å². The number of esters is 1. The monoisotopic (exact) mass is 264 g/mol. The second-order valence-corrected chi connectivity index (χ2v) is 5.01. The predicted octanol–water partition coefficient (Wildman–Crippen LogP) is 1.36. The van der Waals surface area contributed by atoms with Crippen molar-refractivity contribution in [2.45, 2.75) is 19.8 Å². The number of ether oxygens (including phenoxy) is 1. The van der Waals surface area contributed by atoms with Crippen molar-refractivity contribution in [2.24, 2.45) is 13.0 Å². The second kappa shape index (κ2) is 5.47. The van der Waals surface area contributed by atoms with Crippen molar-refractivity contribution in [1.82, 2.24) is 9.47 Å². The third kappa shape index (κ3) is 2.64. The van der Waals surface area contributed by atoms with Gasteiger partial charge >= 0.3 is 5.97 Å². The van der Waals surface area contributed by atoms with Gasteiger partial charge in [0.1, 0.15) is 5.69 Å². The number of carbonyl (C=O) groups excluding carboxylic acids is 2. The number of hydrogen-bond acceptors (Lipinski definition) is 3. The molecule has 1 aromatic heterocycles. The molecule has 0 spiro atoms. The summed E-state index contributed by atoms with van der Waals surface area (Å²) < 4.78 is 6.64. The molecule has 1 aromatic rings. The third-order valence-corrected chi connectivity index (χ3v) is 3.91. The Kier molecular flexibility index (Phi) is 3.93. The highest BCUT2D eigenvalue weighted by atomic mass is 16.5. The highest BCUT2D eigenvalue weighted by Gasteiger charge is 2.29. The van der Waals surface area contributed by atoms with E-state index in [4.69, 9.17) is 4.74 Å². The Morgan fingerprint density at radius 3 is 2.37 bits per heavy atom. The highest BCUT2D eigenvalue weighted by Crippen LogP contribution is 2.20. The highest BCUT2D eigenvalue weighted by molar-refractivity contribution is 5.93. The molecule has 1 aliphatic rings. The molecule has 0 aliphatic carbocycles. The molecule has 104 valence electrons. The Morgan fingerprint density at radius 2 is 1.89 bits per heavy atom. The molecule has 1 aliphatic heterocycles. The van der Waals surface area contributed by atoms with E-state index in [2.05, 4.69) is 0 Å². The van der Waals surface area contributed by atoms with Crippen molar-refractivity contribution in [3.8, 4) is 0 Å². The molecule has 2 heterocycles. The van der Waals surface area contributed by atoms with Gasteiger partial charge in [0.25, 0.3) is 5.91 Å². The lowest BCUT2D eigenvalue weighted by Crippen LogP contribution is -2.41. The summed E-state index contributed by atoms with van der Waals surface area (Å²) in [5.74, 6) is -0.190. The van der Waals surface area contributed by atoms with Crippen LogP contribution in [0.5, 0.6) is 0 Å². The molecule has 1 saturated heterocycles. The Labute approximate surface area is 113 Å². The van der Waals surface area contributed by atoms with Gasteiger partial charge in [-0.2, -0.15) is 0 Å². The van der Waals surface area contributed by atoms with Gasteiger partial charge in [0, 0.05) is 25.8 Å². The average Bonchev–Trinajstić information content (AvgIpc) is 2.77. The largest absolute Gasteiger partial charge is 0.469 e. The molecule has 0 aromatic carbocycles. The molecule has 0 N–H and O–H groups in total. The summed E-state index contributed by atoms with van der Waals surface area (Å²) >= 11 is 0. The number of amides is 1. The van der Waals surface area contributed by atoms with Gasteiger partial charge in [-0.15, -0.1) is 0 Å². The lowest BCUT2D eigenvalue weighted by Gasteiger charge is -2.30. The minimum atomic E-state index is -0.165. The quantitative estimate of drug-likeness (QED) is 0.758. The molecule has 0 saturated carbocycles. The molecule has 0 unspecified atom stereocenters. The molecule has 19 heavy (non-hydrogen) atoms. The summed E-state index contributed by atoms with van der Waals surface area (Å²) in [5.41, 5.74) is 1.77. The molecule has 0 bridgehead atoms. The van der Waals surface area contributed by atoms with E-state index in [0.29, 0.717) is 31.6 Å². The first-order valence-corrected chi connectivity index (χ1v) is 6.54. The Balaban J connectivity index is 2.00. The zero-order valence-electron chi connectivity index (χ0n) is 11.7. The topological polar surface area (TPSA) is 51.5 Å². The van der Waals surface area contributed by atoms with Crippen molar-refractivity contribution in [1.29, 1.82) is 0 Å². The fraction of sp³-hybridized carbons (Fsp3) is 0.571. The first-order valence-electron chi connectivity index (χ1n) is 6.54. The van der Waals surface area contributed by atoms with E-state index in [1.807, 2.05) is 35.6 Å². The smallest absolute Gasteiger partial charge is 0.308 e. The Bertz CT molecular complexity index is 485. The maximum Gasteiger partial charge on any atom is 0.308 e. The van der Waals surface area contributed by atoms with E-state index in [1.165, 1.54) is 7.11 Å². The van der Waals surface area contributed by atoms with Crippen LogP contribution in [0.1, 0.15) is 29.0 Å². The lowest BCUT2D eigenvalue weighted by atomic mass is 9.97. The summed E-state index contributed by atoms with van der Waals surface area (Å²) in [6.45, 7) is 3.20. The van der Waals surface area contributed by atoms with Gasteiger partial charge in [0.2, 0.25) is 0 Å². The minimum absolute atomic E-state index is 0.0407. The average molecular weight is 264 g/mol. The van der Waals surface area contributed by atoms with Crippen LogP contribution in [0.2, 0.25) is 0 Å². The van der Waals surface area contributed by atoms with E-state index in [-0.39, 0.29) is 17.8 Å². The fourth-order valence-electron chi connectivity index (χ4n) is 2.47. The summed E-state index contributed by atoms with van der Waals surface area (Å²) in [6, 6.07) is 3.79. The van der Waals surface area contributed by atoms with E-state index >= 15 is 0 Å². The van der Waals surface area contributed by atoms with Crippen molar-refractivity contribution >= 4 is 11.9 Å². The SMILES string of the molecule is COC(=O)C1CCN(C(=O)c2ccc(C)n2C)CC1. The van der Waals surface area contributed by atoms with Crippen LogP contribution >= 0.6 is 0 Å². The van der Waals surface area contributed by atoms with Crippen molar-refractivity contribution in [3.63, 3.8) is 0 Å². The van der Waals surface area contributed by atoms with Gasteiger partial charge in [-0.25, -0.2) is 0 Å². The zero-order valence-corrected chi connectivity index (χ0v) is 11.7. The zero-order chi connectivity index (χ0) is 14.0. The molecule has 0 radical (unpaired) electrons. The Hall–Kier alpha value is -1.78. The minimum Gasteiger partial charge on any atom is -0.469 e. The van der Waals surface area contributed by atoms with Crippen LogP contribution in [0.25, 0.3) is 0 Å². The number of aryl methyl sites for hydroxylation is 1. The van der Waals surface area contributed by atoms with Crippen LogP contribution in [0.15, 0.2) is 12.1 Å². The molecular weight excluding hydrogens is 244 g/mol. The maximum atomic E-state index is 12.4.